The number of rotatable bonds is 5. The highest BCUT2D eigenvalue weighted by Crippen LogP contribution is 2.30. The van der Waals surface area contributed by atoms with Gasteiger partial charge in [-0.25, -0.2) is 0 Å². The van der Waals surface area contributed by atoms with Crippen LogP contribution < -0.4 is 5.32 Å². The largest absolute Gasteiger partial charge is 0.416 e. The summed E-state index contributed by atoms with van der Waals surface area (Å²) in [4.78, 5) is 16.1. The second-order valence-corrected chi connectivity index (χ2v) is 6.02. The van der Waals surface area contributed by atoms with Gasteiger partial charge >= 0.3 is 6.18 Å². The lowest BCUT2D eigenvalue weighted by atomic mass is 10.2. The van der Waals surface area contributed by atoms with Crippen molar-refractivity contribution in [2.24, 2.45) is 0 Å². The summed E-state index contributed by atoms with van der Waals surface area (Å²) in [5.41, 5.74) is 0.108. The van der Waals surface area contributed by atoms with Crippen molar-refractivity contribution < 1.29 is 22.5 Å². The van der Waals surface area contributed by atoms with Gasteiger partial charge in [0.15, 0.2) is 0 Å². The van der Waals surface area contributed by atoms with Gasteiger partial charge in [-0.3, -0.25) is 4.79 Å². The Hall–Kier alpha value is -2.87. The Bertz CT molecular complexity index is 940. The molecule has 0 radical (unpaired) electrons. The first-order valence-electron chi connectivity index (χ1n) is 7.87. The number of hydrogen-bond acceptors (Lipinski definition) is 4. The van der Waals surface area contributed by atoms with Gasteiger partial charge in [0.05, 0.1) is 10.6 Å². The zero-order valence-electron chi connectivity index (χ0n) is 13.8. The molecule has 0 bridgehead atoms. The van der Waals surface area contributed by atoms with Crippen molar-refractivity contribution in [1.82, 2.24) is 10.1 Å². The summed E-state index contributed by atoms with van der Waals surface area (Å²) in [6.45, 7) is 0. The van der Waals surface area contributed by atoms with Crippen LogP contribution in [-0.4, -0.2) is 16.0 Å². The van der Waals surface area contributed by atoms with Crippen molar-refractivity contribution in [3.8, 4) is 11.4 Å². The minimum atomic E-state index is -4.42. The average molecular weight is 396 g/mol. The number of aryl methyl sites for hydroxylation is 1. The van der Waals surface area contributed by atoms with Crippen molar-refractivity contribution in [2.45, 2.75) is 19.0 Å². The predicted molar refractivity (Wildman–Crippen MR) is 93.1 cm³/mol. The van der Waals surface area contributed by atoms with Gasteiger partial charge in [0.25, 0.3) is 0 Å². The lowest BCUT2D eigenvalue weighted by molar-refractivity contribution is -0.137. The topological polar surface area (TPSA) is 68.0 Å². The molecule has 2 aromatic carbocycles. The third-order valence-corrected chi connectivity index (χ3v) is 3.97. The lowest BCUT2D eigenvalue weighted by Crippen LogP contribution is -2.13. The highest BCUT2D eigenvalue weighted by atomic mass is 35.5. The number of hydrogen-bond donors (Lipinski definition) is 1. The SMILES string of the molecule is O=C(CCc1nc(-c2ccccc2Cl)no1)Nc1ccc(C(F)(F)F)cc1. The van der Waals surface area contributed by atoms with Crippen LogP contribution in [0.15, 0.2) is 53.1 Å². The molecule has 0 saturated heterocycles. The summed E-state index contributed by atoms with van der Waals surface area (Å²) in [5.74, 6) is 0.193. The molecule has 0 fully saturated rings. The van der Waals surface area contributed by atoms with Crippen LogP contribution in [0.5, 0.6) is 0 Å². The Labute approximate surface area is 157 Å². The van der Waals surface area contributed by atoms with Crippen molar-refractivity contribution in [3.63, 3.8) is 0 Å². The molecule has 0 aliphatic carbocycles. The van der Waals surface area contributed by atoms with E-state index in [0.29, 0.717) is 16.4 Å². The molecule has 5 nitrogen and oxygen atoms in total. The van der Waals surface area contributed by atoms with Crippen molar-refractivity contribution in [1.29, 1.82) is 0 Å². The molecule has 27 heavy (non-hydrogen) atoms. The van der Waals surface area contributed by atoms with Crippen LogP contribution in [0.1, 0.15) is 17.9 Å². The molecule has 1 amide bonds. The molecule has 1 N–H and O–H groups in total. The van der Waals surface area contributed by atoms with E-state index in [4.69, 9.17) is 16.1 Å². The van der Waals surface area contributed by atoms with Gasteiger partial charge in [-0.1, -0.05) is 28.9 Å². The number of carbonyl (C=O) groups excluding carboxylic acids is 1. The molecule has 0 aliphatic heterocycles. The quantitative estimate of drug-likeness (QED) is 0.661. The summed E-state index contributed by atoms with van der Waals surface area (Å²) in [6, 6.07) is 11.2. The average Bonchev–Trinajstić information content (AvgIpc) is 3.09. The van der Waals surface area contributed by atoms with Crippen molar-refractivity contribution in [2.75, 3.05) is 5.32 Å². The van der Waals surface area contributed by atoms with Gasteiger partial charge in [0.2, 0.25) is 17.6 Å². The number of amides is 1. The van der Waals surface area contributed by atoms with E-state index in [1.807, 2.05) is 0 Å². The Kier molecular flexibility index (Phi) is 5.46. The number of halogens is 4. The van der Waals surface area contributed by atoms with E-state index in [9.17, 15) is 18.0 Å². The first kappa shape index (κ1) is 18.9. The van der Waals surface area contributed by atoms with Crippen molar-refractivity contribution in [3.05, 3.63) is 65.0 Å². The Morgan fingerprint density at radius 3 is 2.48 bits per heavy atom. The number of nitrogens with one attached hydrogen (secondary N) is 1. The number of alkyl halides is 3. The van der Waals surface area contributed by atoms with Gasteiger partial charge in [-0.2, -0.15) is 18.2 Å². The molecular formula is C18H13ClF3N3O2. The van der Waals surface area contributed by atoms with Crippen LogP contribution in [0.2, 0.25) is 5.02 Å². The fraction of sp³-hybridized carbons (Fsp3) is 0.167. The monoisotopic (exact) mass is 395 g/mol. The first-order valence-corrected chi connectivity index (χ1v) is 8.25. The fourth-order valence-corrected chi connectivity index (χ4v) is 2.52. The van der Waals surface area contributed by atoms with Gasteiger partial charge in [0, 0.05) is 24.1 Å². The summed E-state index contributed by atoms with van der Waals surface area (Å²) in [7, 11) is 0. The van der Waals surface area contributed by atoms with E-state index in [1.54, 1.807) is 24.3 Å². The van der Waals surface area contributed by atoms with E-state index >= 15 is 0 Å². The molecule has 0 aliphatic rings. The number of carbonyl (C=O) groups is 1. The number of aromatic nitrogens is 2. The first-order chi connectivity index (χ1) is 12.8. The normalized spacial score (nSPS) is 11.4. The molecule has 1 aromatic heterocycles. The number of nitrogens with zero attached hydrogens (tertiary/aromatic N) is 2. The molecule has 140 valence electrons. The van der Waals surface area contributed by atoms with Gasteiger partial charge in [0.1, 0.15) is 0 Å². The fourth-order valence-electron chi connectivity index (χ4n) is 2.29. The maximum atomic E-state index is 12.5. The highest BCUT2D eigenvalue weighted by molar-refractivity contribution is 6.33. The maximum Gasteiger partial charge on any atom is 0.416 e. The molecule has 0 unspecified atom stereocenters. The maximum absolute atomic E-state index is 12.5. The van der Waals surface area contributed by atoms with E-state index in [-0.39, 0.29) is 30.3 Å². The lowest BCUT2D eigenvalue weighted by Gasteiger charge is -2.08. The van der Waals surface area contributed by atoms with Crippen LogP contribution in [0.3, 0.4) is 0 Å². The Morgan fingerprint density at radius 1 is 1.11 bits per heavy atom. The molecule has 3 rings (SSSR count). The third-order valence-electron chi connectivity index (χ3n) is 3.64. The van der Waals surface area contributed by atoms with Crippen LogP contribution >= 0.6 is 11.6 Å². The molecule has 0 spiro atoms. The molecule has 3 aromatic rings. The number of anilines is 1. The Balaban J connectivity index is 1.56. The summed E-state index contributed by atoms with van der Waals surface area (Å²) in [6.07, 6.45) is -4.20. The van der Waals surface area contributed by atoms with Crippen LogP contribution in [0.4, 0.5) is 18.9 Å². The third kappa shape index (κ3) is 4.85. The minimum Gasteiger partial charge on any atom is -0.339 e. The molecule has 1 heterocycles. The summed E-state index contributed by atoms with van der Waals surface area (Å²) in [5, 5.41) is 6.83. The second-order valence-electron chi connectivity index (χ2n) is 5.61. The van der Waals surface area contributed by atoms with Crippen LogP contribution in [0, 0.1) is 0 Å². The van der Waals surface area contributed by atoms with E-state index in [2.05, 4.69) is 15.5 Å². The van der Waals surface area contributed by atoms with Crippen LogP contribution in [0.25, 0.3) is 11.4 Å². The predicted octanol–water partition coefficient (Wildman–Crippen LogP) is 4.98. The zero-order chi connectivity index (χ0) is 19.4. The standard InChI is InChI=1S/C18H13ClF3N3O2/c19-14-4-2-1-3-13(14)17-24-16(27-25-17)10-9-15(26)23-12-7-5-11(6-8-12)18(20,21)22/h1-8H,9-10H2,(H,23,26). The van der Waals surface area contributed by atoms with Crippen LogP contribution in [-0.2, 0) is 17.4 Å². The summed E-state index contributed by atoms with van der Waals surface area (Å²) < 4.78 is 42.7. The van der Waals surface area contributed by atoms with E-state index in [1.165, 1.54) is 12.1 Å². The second kappa shape index (κ2) is 7.79. The van der Waals surface area contributed by atoms with Gasteiger partial charge in [-0.15, -0.1) is 0 Å². The molecule has 9 heteroatoms. The van der Waals surface area contributed by atoms with E-state index in [0.717, 1.165) is 12.1 Å². The van der Waals surface area contributed by atoms with Gasteiger partial charge in [-0.05, 0) is 36.4 Å². The highest BCUT2D eigenvalue weighted by Gasteiger charge is 2.30. The Morgan fingerprint density at radius 2 is 1.81 bits per heavy atom. The zero-order valence-corrected chi connectivity index (χ0v) is 14.5. The minimum absolute atomic E-state index is 0.0329. The molecule has 0 saturated carbocycles. The van der Waals surface area contributed by atoms with Gasteiger partial charge < -0.3 is 9.84 Å². The van der Waals surface area contributed by atoms with E-state index < -0.39 is 11.7 Å². The summed E-state index contributed by atoms with van der Waals surface area (Å²) >= 11 is 6.07. The molecular weight excluding hydrogens is 383 g/mol. The molecule has 0 atom stereocenters. The van der Waals surface area contributed by atoms with Crippen molar-refractivity contribution >= 4 is 23.2 Å². The smallest absolute Gasteiger partial charge is 0.339 e. The number of benzene rings is 2.